The highest BCUT2D eigenvalue weighted by molar-refractivity contribution is 7.08. The first kappa shape index (κ1) is 17.3. The van der Waals surface area contributed by atoms with E-state index < -0.39 is 17.7 Å². The number of nitrogens with zero attached hydrogens (tertiary/aromatic N) is 2. The first-order valence-electron chi connectivity index (χ1n) is 7.81. The number of carbonyl (C=O) groups is 1. The van der Waals surface area contributed by atoms with Gasteiger partial charge in [-0.05, 0) is 41.8 Å². The molecule has 8 heteroatoms. The molecule has 2 aromatic carbocycles. The lowest BCUT2D eigenvalue weighted by Crippen LogP contribution is -2.04. The van der Waals surface area contributed by atoms with Crippen molar-refractivity contribution in [1.82, 2.24) is 9.78 Å². The molecule has 0 fully saturated rings. The van der Waals surface area contributed by atoms with Gasteiger partial charge in [0.1, 0.15) is 5.69 Å². The number of hydrogen-bond donors (Lipinski definition) is 1. The van der Waals surface area contributed by atoms with Crippen LogP contribution in [0, 0.1) is 0 Å². The molecule has 0 amide bonds. The van der Waals surface area contributed by atoms with Crippen molar-refractivity contribution in [3.05, 3.63) is 70.4 Å². The summed E-state index contributed by atoms with van der Waals surface area (Å²) in [5.74, 6) is -1.06. The highest BCUT2D eigenvalue weighted by Crippen LogP contribution is 2.34. The Balaban J connectivity index is 1.92. The van der Waals surface area contributed by atoms with E-state index in [1.165, 1.54) is 35.6 Å². The van der Waals surface area contributed by atoms with Gasteiger partial charge in [-0.25, -0.2) is 9.48 Å². The predicted molar refractivity (Wildman–Crippen MR) is 96.3 cm³/mol. The van der Waals surface area contributed by atoms with Crippen LogP contribution < -0.4 is 0 Å². The van der Waals surface area contributed by atoms with Gasteiger partial charge in [-0.3, -0.25) is 0 Å². The van der Waals surface area contributed by atoms with Crippen LogP contribution in [-0.2, 0) is 6.18 Å². The number of benzene rings is 2. The minimum Gasteiger partial charge on any atom is -0.478 e. The lowest BCUT2D eigenvalue weighted by atomic mass is 10.0. The maximum atomic E-state index is 12.8. The molecule has 136 valence electrons. The van der Waals surface area contributed by atoms with Crippen molar-refractivity contribution in [2.24, 2.45) is 0 Å². The third-order valence-corrected chi connectivity index (χ3v) is 4.84. The van der Waals surface area contributed by atoms with Gasteiger partial charge in [0.05, 0.1) is 22.3 Å². The number of aromatic carboxylic acids is 1. The van der Waals surface area contributed by atoms with E-state index in [0.717, 1.165) is 17.8 Å². The van der Waals surface area contributed by atoms with E-state index in [9.17, 15) is 23.1 Å². The normalized spacial score (nSPS) is 11.8. The first-order valence-corrected chi connectivity index (χ1v) is 8.75. The maximum Gasteiger partial charge on any atom is 0.416 e. The van der Waals surface area contributed by atoms with Crippen LogP contribution in [-0.4, -0.2) is 20.9 Å². The molecule has 0 spiro atoms. The summed E-state index contributed by atoms with van der Waals surface area (Å²) < 4.78 is 40.0. The lowest BCUT2D eigenvalue weighted by Gasteiger charge is -2.06. The van der Waals surface area contributed by atoms with Crippen molar-refractivity contribution < 1.29 is 23.1 Å². The Morgan fingerprint density at radius 1 is 1.07 bits per heavy atom. The Bertz CT molecular complexity index is 1130. The molecular weight excluding hydrogens is 377 g/mol. The summed E-state index contributed by atoms with van der Waals surface area (Å²) in [6.07, 6.45) is -4.41. The Labute approximate surface area is 155 Å². The van der Waals surface area contributed by atoms with Crippen molar-refractivity contribution in [2.45, 2.75) is 6.18 Å². The van der Waals surface area contributed by atoms with Gasteiger partial charge in [0.25, 0.3) is 0 Å². The van der Waals surface area contributed by atoms with Gasteiger partial charge in [-0.1, -0.05) is 12.1 Å². The van der Waals surface area contributed by atoms with Crippen molar-refractivity contribution in [1.29, 1.82) is 0 Å². The number of carboxylic acid groups (broad SMARTS) is 1. The SMILES string of the molecule is O=C(O)c1ccc2c(-c3ccc(C(F)(F)F)cc3)nn(-c3ccsc3)c2c1. The standard InChI is InChI=1S/C19H11F3N2O2S/c20-19(21,22)13-4-1-11(2-5-13)17-15-6-3-12(18(25)26)9-16(15)24(23-17)14-7-8-27-10-14/h1-10H,(H,25,26). The summed E-state index contributed by atoms with van der Waals surface area (Å²) in [5, 5.41) is 18.2. The van der Waals surface area contributed by atoms with Gasteiger partial charge in [-0.15, -0.1) is 0 Å². The number of hydrogen-bond acceptors (Lipinski definition) is 3. The minimum absolute atomic E-state index is 0.109. The maximum absolute atomic E-state index is 12.8. The predicted octanol–water partition coefficient (Wildman–Crippen LogP) is 5.47. The Morgan fingerprint density at radius 2 is 1.81 bits per heavy atom. The average molecular weight is 388 g/mol. The second kappa shape index (κ2) is 6.24. The van der Waals surface area contributed by atoms with Crippen molar-refractivity contribution in [2.75, 3.05) is 0 Å². The third-order valence-electron chi connectivity index (χ3n) is 4.16. The van der Waals surface area contributed by atoms with Crippen LogP contribution in [0.15, 0.2) is 59.3 Å². The second-order valence-corrected chi connectivity index (χ2v) is 6.63. The minimum atomic E-state index is -4.41. The van der Waals surface area contributed by atoms with Gasteiger partial charge in [0.15, 0.2) is 0 Å². The highest BCUT2D eigenvalue weighted by atomic mass is 32.1. The van der Waals surface area contributed by atoms with Gasteiger partial charge in [0, 0.05) is 16.3 Å². The van der Waals surface area contributed by atoms with E-state index in [-0.39, 0.29) is 5.56 Å². The zero-order chi connectivity index (χ0) is 19.2. The van der Waals surface area contributed by atoms with Gasteiger partial charge < -0.3 is 5.11 Å². The highest BCUT2D eigenvalue weighted by Gasteiger charge is 2.30. The van der Waals surface area contributed by atoms with Gasteiger partial charge in [-0.2, -0.15) is 29.6 Å². The number of aromatic nitrogens is 2. The summed E-state index contributed by atoms with van der Waals surface area (Å²) >= 11 is 1.46. The monoisotopic (exact) mass is 388 g/mol. The molecule has 1 N–H and O–H groups in total. The van der Waals surface area contributed by atoms with Gasteiger partial charge in [0.2, 0.25) is 0 Å². The zero-order valence-corrected chi connectivity index (χ0v) is 14.4. The van der Waals surface area contributed by atoms with Crippen molar-refractivity contribution >= 4 is 28.2 Å². The fourth-order valence-corrected chi connectivity index (χ4v) is 3.47. The van der Waals surface area contributed by atoms with Crippen LogP contribution >= 0.6 is 11.3 Å². The lowest BCUT2D eigenvalue weighted by molar-refractivity contribution is -0.137. The number of thiophene rings is 1. The molecule has 0 saturated carbocycles. The molecule has 0 bridgehead atoms. The molecule has 0 aliphatic carbocycles. The fourth-order valence-electron chi connectivity index (χ4n) is 2.85. The molecular formula is C19H11F3N2O2S. The molecule has 4 nitrogen and oxygen atoms in total. The van der Waals surface area contributed by atoms with E-state index >= 15 is 0 Å². The zero-order valence-electron chi connectivity index (χ0n) is 13.6. The van der Waals surface area contributed by atoms with E-state index in [0.29, 0.717) is 22.2 Å². The summed E-state index contributed by atoms with van der Waals surface area (Å²) in [5.41, 5.74) is 1.71. The molecule has 0 aliphatic heterocycles. The average Bonchev–Trinajstić information content (AvgIpc) is 3.28. The molecule has 4 aromatic rings. The van der Waals surface area contributed by atoms with Crippen LogP contribution in [0.25, 0.3) is 27.8 Å². The Hall–Kier alpha value is -3.13. The molecule has 27 heavy (non-hydrogen) atoms. The summed E-state index contributed by atoms with van der Waals surface area (Å²) in [4.78, 5) is 11.3. The first-order chi connectivity index (χ1) is 12.8. The molecule has 4 rings (SSSR count). The molecule has 2 aromatic heterocycles. The number of rotatable bonds is 3. The molecule has 0 aliphatic rings. The molecule has 0 radical (unpaired) electrons. The largest absolute Gasteiger partial charge is 0.478 e. The van der Waals surface area contributed by atoms with Crippen molar-refractivity contribution in [3.8, 4) is 16.9 Å². The number of halogens is 3. The van der Waals surface area contributed by atoms with E-state index in [2.05, 4.69) is 5.10 Å². The molecule has 2 heterocycles. The van der Waals surface area contributed by atoms with E-state index in [1.807, 2.05) is 16.8 Å². The third kappa shape index (κ3) is 3.08. The fraction of sp³-hybridized carbons (Fsp3) is 0.0526. The number of alkyl halides is 3. The van der Waals surface area contributed by atoms with E-state index in [1.54, 1.807) is 10.7 Å². The number of carboxylic acids is 1. The smallest absolute Gasteiger partial charge is 0.416 e. The quantitative estimate of drug-likeness (QED) is 0.506. The van der Waals surface area contributed by atoms with Crippen LogP contribution in [0.2, 0.25) is 0 Å². The molecule has 0 unspecified atom stereocenters. The Kier molecular flexibility index (Phi) is 4.00. The van der Waals surface area contributed by atoms with Crippen LogP contribution in [0.5, 0.6) is 0 Å². The second-order valence-electron chi connectivity index (χ2n) is 5.85. The van der Waals surface area contributed by atoms with Crippen molar-refractivity contribution in [3.63, 3.8) is 0 Å². The van der Waals surface area contributed by atoms with Crippen LogP contribution in [0.3, 0.4) is 0 Å². The van der Waals surface area contributed by atoms with Crippen LogP contribution in [0.1, 0.15) is 15.9 Å². The Morgan fingerprint density at radius 3 is 2.41 bits per heavy atom. The topological polar surface area (TPSA) is 55.1 Å². The van der Waals surface area contributed by atoms with E-state index in [4.69, 9.17) is 0 Å². The van der Waals surface area contributed by atoms with Gasteiger partial charge >= 0.3 is 12.1 Å². The summed E-state index contributed by atoms with van der Waals surface area (Å²) in [6.45, 7) is 0. The molecule has 0 atom stereocenters. The van der Waals surface area contributed by atoms with Crippen LogP contribution in [0.4, 0.5) is 13.2 Å². The molecule has 0 saturated heterocycles. The summed E-state index contributed by atoms with van der Waals surface area (Å²) in [7, 11) is 0. The summed E-state index contributed by atoms with van der Waals surface area (Å²) in [6, 6.07) is 11.2. The number of fused-ring (bicyclic) bond motifs is 1.